The van der Waals surface area contributed by atoms with Gasteiger partial charge in [-0.15, -0.1) is 11.3 Å². The summed E-state index contributed by atoms with van der Waals surface area (Å²) in [6.45, 7) is 2.68. The van der Waals surface area contributed by atoms with E-state index in [9.17, 15) is 5.11 Å². The number of aromatic nitrogens is 1. The molecule has 0 radical (unpaired) electrons. The summed E-state index contributed by atoms with van der Waals surface area (Å²) in [4.78, 5) is 6.70. The number of fused-ring (bicyclic) bond motifs is 1. The topological polar surface area (TPSA) is 36.4 Å². The van der Waals surface area contributed by atoms with Gasteiger partial charge in [0.15, 0.2) is 0 Å². The van der Waals surface area contributed by atoms with E-state index in [1.807, 2.05) is 12.3 Å². The van der Waals surface area contributed by atoms with Crippen LogP contribution in [0, 0.1) is 0 Å². The molecule has 4 heteroatoms. The third-order valence-corrected chi connectivity index (χ3v) is 3.87. The normalized spacial score (nSPS) is 21.9. The summed E-state index contributed by atoms with van der Waals surface area (Å²) in [5.74, 6) is 0. The lowest BCUT2D eigenvalue weighted by atomic mass is 10.2. The molecule has 3 rings (SSSR count). The van der Waals surface area contributed by atoms with Gasteiger partial charge < -0.3 is 5.11 Å². The summed E-state index contributed by atoms with van der Waals surface area (Å²) in [5, 5.41) is 11.5. The molecule has 1 aliphatic heterocycles. The van der Waals surface area contributed by atoms with Gasteiger partial charge in [-0.1, -0.05) is 0 Å². The number of β-amino-alcohol motifs (C(OH)–C–C–N with tert-alkyl or cyclic N) is 1. The zero-order chi connectivity index (χ0) is 11.0. The van der Waals surface area contributed by atoms with Gasteiger partial charge in [0.2, 0.25) is 0 Å². The van der Waals surface area contributed by atoms with E-state index in [4.69, 9.17) is 0 Å². The Morgan fingerprint density at radius 1 is 1.56 bits per heavy atom. The van der Waals surface area contributed by atoms with Crippen molar-refractivity contribution in [1.29, 1.82) is 0 Å². The number of aliphatic hydroxyl groups excluding tert-OH is 1. The number of hydrogen-bond donors (Lipinski definition) is 1. The number of nitrogens with zero attached hydrogens (tertiary/aromatic N) is 2. The van der Waals surface area contributed by atoms with Crippen molar-refractivity contribution in [3.8, 4) is 0 Å². The van der Waals surface area contributed by atoms with Gasteiger partial charge in [-0.3, -0.25) is 9.88 Å². The molecule has 2 aromatic heterocycles. The molecule has 1 aliphatic rings. The number of hydrogen-bond acceptors (Lipinski definition) is 4. The number of aliphatic hydroxyl groups is 1. The Morgan fingerprint density at radius 2 is 2.50 bits per heavy atom. The minimum absolute atomic E-state index is 0.140. The molecular formula is C12H14N2OS. The van der Waals surface area contributed by atoms with Crippen LogP contribution in [0.1, 0.15) is 12.0 Å². The molecule has 0 aromatic carbocycles. The first-order valence-corrected chi connectivity index (χ1v) is 6.42. The molecule has 3 heterocycles. The van der Waals surface area contributed by atoms with Gasteiger partial charge in [0.1, 0.15) is 0 Å². The quantitative estimate of drug-likeness (QED) is 0.861. The van der Waals surface area contributed by atoms with Crippen molar-refractivity contribution in [2.45, 2.75) is 19.1 Å². The largest absolute Gasteiger partial charge is 0.392 e. The zero-order valence-corrected chi connectivity index (χ0v) is 9.78. The van der Waals surface area contributed by atoms with Crippen LogP contribution in [-0.4, -0.2) is 34.2 Å². The van der Waals surface area contributed by atoms with Crippen LogP contribution in [0.3, 0.4) is 0 Å². The van der Waals surface area contributed by atoms with E-state index >= 15 is 0 Å². The Morgan fingerprint density at radius 3 is 3.31 bits per heavy atom. The van der Waals surface area contributed by atoms with Crippen molar-refractivity contribution in [1.82, 2.24) is 9.88 Å². The van der Waals surface area contributed by atoms with Crippen LogP contribution in [0.25, 0.3) is 10.2 Å². The molecule has 0 bridgehead atoms. The standard InChI is InChI=1S/C12H14N2OS/c15-10-1-3-14(8-10)7-9-5-12-11(13-6-9)2-4-16-12/h2,4-6,10,15H,1,3,7-8H2/t10-/m0/s1. The fraction of sp³-hybridized carbons (Fsp3) is 0.417. The summed E-state index contributed by atoms with van der Waals surface area (Å²) in [5.41, 5.74) is 2.32. The van der Waals surface area contributed by atoms with E-state index in [2.05, 4.69) is 21.3 Å². The highest BCUT2D eigenvalue weighted by Crippen LogP contribution is 2.21. The van der Waals surface area contributed by atoms with E-state index < -0.39 is 0 Å². The third-order valence-electron chi connectivity index (χ3n) is 3.01. The maximum Gasteiger partial charge on any atom is 0.0809 e. The second kappa shape index (κ2) is 4.13. The Kier molecular flexibility index (Phi) is 2.63. The summed E-state index contributed by atoms with van der Waals surface area (Å²) in [6.07, 6.45) is 2.70. The second-order valence-electron chi connectivity index (χ2n) is 4.33. The minimum Gasteiger partial charge on any atom is -0.392 e. The van der Waals surface area contributed by atoms with Crippen LogP contribution in [0.5, 0.6) is 0 Å². The van der Waals surface area contributed by atoms with Crippen molar-refractivity contribution in [3.05, 3.63) is 29.3 Å². The van der Waals surface area contributed by atoms with Crippen molar-refractivity contribution < 1.29 is 5.11 Å². The smallest absolute Gasteiger partial charge is 0.0809 e. The molecule has 3 nitrogen and oxygen atoms in total. The highest BCUT2D eigenvalue weighted by molar-refractivity contribution is 7.17. The highest BCUT2D eigenvalue weighted by atomic mass is 32.1. The van der Waals surface area contributed by atoms with Crippen molar-refractivity contribution in [3.63, 3.8) is 0 Å². The first-order valence-electron chi connectivity index (χ1n) is 5.54. The third kappa shape index (κ3) is 1.96. The Labute approximate surface area is 98.3 Å². The maximum absolute atomic E-state index is 9.46. The SMILES string of the molecule is O[C@H]1CCN(Cc2cnc3ccsc3c2)C1. The molecule has 16 heavy (non-hydrogen) atoms. The van der Waals surface area contributed by atoms with Gasteiger partial charge in [0.25, 0.3) is 0 Å². The molecular weight excluding hydrogens is 220 g/mol. The van der Waals surface area contributed by atoms with Crippen molar-refractivity contribution in [2.24, 2.45) is 0 Å². The lowest BCUT2D eigenvalue weighted by molar-refractivity contribution is 0.175. The molecule has 0 saturated carbocycles. The number of thiophene rings is 1. The van der Waals surface area contributed by atoms with E-state index in [0.29, 0.717) is 0 Å². The molecule has 84 valence electrons. The van der Waals surface area contributed by atoms with Crippen LogP contribution in [0.15, 0.2) is 23.7 Å². The molecule has 0 aliphatic carbocycles. The number of likely N-dealkylation sites (tertiary alicyclic amines) is 1. The molecule has 0 unspecified atom stereocenters. The van der Waals surface area contributed by atoms with E-state index in [0.717, 1.165) is 31.6 Å². The fourth-order valence-corrected chi connectivity index (χ4v) is 2.99. The fourth-order valence-electron chi connectivity index (χ4n) is 2.19. The van der Waals surface area contributed by atoms with Crippen LogP contribution < -0.4 is 0 Å². The van der Waals surface area contributed by atoms with Gasteiger partial charge in [-0.25, -0.2) is 0 Å². The lowest BCUT2D eigenvalue weighted by Crippen LogP contribution is -2.21. The molecule has 1 atom stereocenters. The van der Waals surface area contributed by atoms with Gasteiger partial charge in [-0.2, -0.15) is 0 Å². The molecule has 2 aromatic rings. The Bertz CT molecular complexity index is 496. The first kappa shape index (κ1) is 10.2. The van der Waals surface area contributed by atoms with Gasteiger partial charge in [-0.05, 0) is 29.5 Å². The van der Waals surface area contributed by atoms with Gasteiger partial charge >= 0.3 is 0 Å². The van der Waals surface area contributed by atoms with Crippen LogP contribution >= 0.6 is 11.3 Å². The Balaban J connectivity index is 1.78. The summed E-state index contributed by atoms with van der Waals surface area (Å²) < 4.78 is 1.25. The van der Waals surface area contributed by atoms with Crippen LogP contribution in [-0.2, 0) is 6.54 Å². The summed E-state index contributed by atoms with van der Waals surface area (Å²) >= 11 is 1.73. The first-order chi connectivity index (χ1) is 7.81. The molecule has 0 amide bonds. The molecule has 1 saturated heterocycles. The maximum atomic E-state index is 9.46. The summed E-state index contributed by atoms with van der Waals surface area (Å²) in [7, 11) is 0. The number of pyridine rings is 1. The molecule has 1 fully saturated rings. The number of rotatable bonds is 2. The molecule has 1 N–H and O–H groups in total. The molecule has 0 spiro atoms. The average Bonchev–Trinajstić information content (AvgIpc) is 2.87. The van der Waals surface area contributed by atoms with Gasteiger partial charge in [0, 0.05) is 25.8 Å². The van der Waals surface area contributed by atoms with Crippen molar-refractivity contribution >= 4 is 21.6 Å². The second-order valence-corrected chi connectivity index (χ2v) is 5.27. The zero-order valence-electron chi connectivity index (χ0n) is 8.97. The van der Waals surface area contributed by atoms with E-state index in [1.54, 1.807) is 11.3 Å². The summed E-state index contributed by atoms with van der Waals surface area (Å²) in [6, 6.07) is 4.25. The van der Waals surface area contributed by atoms with E-state index in [-0.39, 0.29) is 6.10 Å². The van der Waals surface area contributed by atoms with Gasteiger partial charge in [0.05, 0.1) is 16.3 Å². The minimum atomic E-state index is -0.140. The van der Waals surface area contributed by atoms with Crippen LogP contribution in [0.2, 0.25) is 0 Å². The van der Waals surface area contributed by atoms with E-state index in [1.165, 1.54) is 10.3 Å². The van der Waals surface area contributed by atoms with Crippen LogP contribution in [0.4, 0.5) is 0 Å². The lowest BCUT2D eigenvalue weighted by Gasteiger charge is -2.14. The monoisotopic (exact) mass is 234 g/mol. The van der Waals surface area contributed by atoms with Crippen molar-refractivity contribution in [2.75, 3.05) is 13.1 Å². The highest BCUT2D eigenvalue weighted by Gasteiger charge is 2.19. The predicted octanol–water partition coefficient (Wildman–Crippen LogP) is 1.86. The predicted molar refractivity (Wildman–Crippen MR) is 65.5 cm³/mol. The average molecular weight is 234 g/mol. The Hall–Kier alpha value is -0.970.